The van der Waals surface area contributed by atoms with Gasteiger partial charge in [-0.05, 0) is 63.8 Å². The average molecular weight is 217 g/mol. The number of fused-ring (bicyclic) bond motifs is 1. The molecular weight excluding hydrogens is 194 g/mol. The van der Waals surface area contributed by atoms with Gasteiger partial charge in [-0.1, -0.05) is 18.2 Å². The van der Waals surface area contributed by atoms with Gasteiger partial charge in [0.25, 0.3) is 0 Å². The molecule has 0 heterocycles. The second kappa shape index (κ2) is 4.21. The molecule has 0 saturated carbocycles. The second-order valence-electron chi connectivity index (χ2n) is 5.56. The molecule has 0 spiro atoms. The van der Waals surface area contributed by atoms with Crippen LogP contribution in [-0.4, -0.2) is 12.6 Å². The van der Waals surface area contributed by atoms with E-state index in [1.54, 1.807) is 11.1 Å². The topological polar surface area (TPSA) is 12.0 Å². The van der Waals surface area contributed by atoms with Gasteiger partial charge in [0.05, 0.1) is 0 Å². The van der Waals surface area contributed by atoms with Gasteiger partial charge in [-0.3, -0.25) is 0 Å². The number of aryl methyl sites for hydroxylation is 2. The second-order valence-corrected chi connectivity index (χ2v) is 5.56. The molecule has 0 amide bonds. The van der Waals surface area contributed by atoms with Crippen molar-refractivity contribution in [2.75, 3.05) is 7.05 Å². The summed E-state index contributed by atoms with van der Waals surface area (Å²) in [5.74, 6) is 0.655. The van der Waals surface area contributed by atoms with Crippen LogP contribution < -0.4 is 5.32 Å². The van der Waals surface area contributed by atoms with Gasteiger partial charge in [0.1, 0.15) is 0 Å². The predicted octanol–water partition coefficient (Wildman–Crippen LogP) is 3.41. The Hall–Kier alpha value is -0.820. The molecule has 0 radical (unpaired) electrons. The van der Waals surface area contributed by atoms with Crippen LogP contribution in [-0.2, 0) is 6.42 Å². The molecule has 0 saturated heterocycles. The molecule has 1 unspecified atom stereocenters. The third-order valence-electron chi connectivity index (χ3n) is 4.22. The molecule has 0 bridgehead atoms. The van der Waals surface area contributed by atoms with E-state index in [4.69, 9.17) is 0 Å². The summed E-state index contributed by atoms with van der Waals surface area (Å²) in [5.41, 5.74) is 4.83. The highest BCUT2D eigenvalue weighted by molar-refractivity contribution is 5.40. The van der Waals surface area contributed by atoms with Gasteiger partial charge < -0.3 is 5.32 Å². The largest absolute Gasteiger partial charge is 0.314 e. The smallest absolute Gasteiger partial charge is 0.0190 e. The van der Waals surface area contributed by atoms with Crippen LogP contribution >= 0.6 is 0 Å². The summed E-state index contributed by atoms with van der Waals surface area (Å²) in [7, 11) is 2.08. The maximum Gasteiger partial charge on any atom is 0.0190 e. The Bertz CT molecular complexity index is 379. The van der Waals surface area contributed by atoms with Gasteiger partial charge >= 0.3 is 0 Å². The lowest BCUT2D eigenvalue weighted by Gasteiger charge is -2.39. The van der Waals surface area contributed by atoms with Crippen molar-refractivity contribution in [2.45, 2.75) is 51.5 Å². The van der Waals surface area contributed by atoms with Crippen LogP contribution in [0, 0.1) is 6.92 Å². The van der Waals surface area contributed by atoms with E-state index in [2.05, 4.69) is 51.3 Å². The minimum atomic E-state index is 0.196. The van der Waals surface area contributed by atoms with E-state index in [0.717, 1.165) is 0 Å². The lowest BCUT2D eigenvalue weighted by Crippen LogP contribution is -2.43. The fraction of sp³-hybridized carbons (Fsp3) is 0.600. The highest BCUT2D eigenvalue weighted by Gasteiger charge is 2.33. The first-order valence-corrected chi connectivity index (χ1v) is 6.33. The zero-order valence-corrected chi connectivity index (χ0v) is 10.9. The molecule has 0 fully saturated rings. The summed E-state index contributed by atoms with van der Waals surface area (Å²) in [6.45, 7) is 6.89. The fourth-order valence-electron chi connectivity index (χ4n) is 2.99. The van der Waals surface area contributed by atoms with Gasteiger partial charge in [0.15, 0.2) is 0 Å². The Morgan fingerprint density at radius 3 is 2.75 bits per heavy atom. The van der Waals surface area contributed by atoms with Gasteiger partial charge in [0.2, 0.25) is 0 Å². The quantitative estimate of drug-likeness (QED) is 0.800. The van der Waals surface area contributed by atoms with E-state index in [1.165, 1.54) is 24.8 Å². The van der Waals surface area contributed by atoms with E-state index in [9.17, 15) is 0 Å². The maximum atomic E-state index is 3.48. The summed E-state index contributed by atoms with van der Waals surface area (Å²) in [6.07, 6.45) is 3.89. The highest BCUT2D eigenvalue weighted by atomic mass is 14.9. The summed E-state index contributed by atoms with van der Waals surface area (Å²) in [6, 6.07) is 6.76. The fourth-order valence-corrected chi connectivity index (χ4v) is 2.99. The average Bonchev–Trinajstić information content (AvgIpc) is 2.29. The molecule has 1 nitrogen and oxygen atoms in total. The Balaban J connectivity index is 2.47. The first kappa shape index (κ1) is 11.7. The monoisotopic (exact) mass is 217 g/mol. The third kappa shape index (κ3) is 1.89. The van der Waals surface area contributed by atoms with E-state index in [-0.39, 0.29) is 5.54 Å². The first-order chi connectivity index (χ1) is 7.56. The molecule has 1 N–H and O–H groups in total. The molecule has 0 aliphatic heterocycles. The van der Waals surface area contributed by atoms with Gasteiger partial charge in [-0.15, -0.1) is 0 Å². The van der Waals surface area contributed by atoms with Crippen molar-refractivity contribution in [1.82, 2.24) is 5.32 Å². The van der Waals surface area contributed by atoms with Gasteiger partial charge in [0, 0.05) is 11.5 Å². The Morgan fingerprint density at radius 2 is 2.06 bits per heavy atom. The number of hydrogen-bond donors (Lipinski definition) is 1. The number of rotatable bonds is 2. The van der Waals surface area contributed by atoms with Gasteiger partial charge in [-0.25, -0.2) is 0 Å². The zero-order valence-electron chi connectivity index (χ0n) is 10.9. The molecule has 0 aromatic heterocycles. The molecule has 16 heavy (non-hydrogen) atoms. The van der Waals surface area contributed by atoms with Crippen LogP contribution in [0.25, 0.3) is 0 Å². The lowest BCUT2D eigenvalue weighted by atomic mass is 9.71. The zero-order chi connectivity index (χ0) is 11.8. The van der Waals surface area contributed by atoms with Crippen LogP contribution in [0.1, 0.15) is 49.3 Å². The number of likely N-dealkylation sites (N-methyl/N-ethyl adjacent to an activating group) is 1. The first-order valence-electron chi connectivity index (χ1n) is 6.33. The van der Waals surface area contributed by atoms with Crippen molar-refractivity contribution < 1.29 is 0 Å². The third-order valence-corrected chi connectivity index (χ3v) is 4.22. The van der Waals surface area contributed by atoms with Gasteiger partial charge in [-0.2, -0.15) is 0 Å². The van der Waals surface area contributed by atoms with Crippen molar-refractivity contribution in [3.05, 3.63) is 34.9 Å². The molecule has 1 atom stereocenters. The number of hydrogen-bond acceptors (Lipinski definition) is 1. The molecule has 88 valence electrons. The van der Waals surface area contributed by atoms with E-state index >= 15 is 0 Å². The SMILES string of the molecule is CNC(C)(C)C1CCCc2cccc(C)c21. The minimum Gasteiger partial charge on any atom is -0.314 e. The molecule has 1 aromatic rings. The molecular formula is C15H23N. The van der Waals surface area contributed by atoms with Crippen molar-refractivity contribution in [3.8, 4) is 0 Å². The Labute approximate surface area is 99.3 Å². The van der Waals surface area contributed by atoms with E-state index in [1.807, 2.05) is 0 Å². The summed E-state index contributed by atoms with van der Waals surface area (Å²) < 4.78 is 0. The summed E-state index contributed by atoms with van der Waals surface area (Å²) in [5, 5.41) is 3.48. The van der Waals surface area contributed by atoms with Crippen molar-refractivity contribution in [2.24, 2.45) is 0 Å². The van der Waals surface area contributed by atoms with Crippen molar-refractivity contribution in [1.29, 1.82) is 0 Å². The predicted molar refractivity (Wildman–Crippen MR) is 70.0 cm³/mol. The maximum absolute atomic E-state index is 3.48. The molecule has 1 aromatic carbocycles. The van der Waals surface area contributed by atoms with Crippen LogP contribution in [0.3, 0.4) is 0 Å². The van der Waals surface area contributed by atoms with Crippen LogP contribution in [0.5, 0.6) is 0 Å². The van der Waals surface area contributed by atoms with E-state index < -0.39 is 0 Å². The molecule has 2 rings (SSSR count). The number of benzene rings is 1. The molecule has 1 heteroatoms. The summed E-state index contributed by atoms with van der Waals surface area (Å²) in [4.78, 5) is 0. The van der Waals surface area contributed by atoms with E-state index in [0.29, 0.717) is 5.92 Å². The van der Waals surface area contributed by atoms with Crippen molar-refractivity contribution >= 4 is 0 Å². The van der Waals surface area contributed by atoms with Crippen LogP contribution in [0.15, 0.2) is 18.2 Å². The van der Waals surface area contributed by atoms with Crippen molar-refractivity contribution in [3.63, 3.8) is 0 Å². The van der Waals surface area contributed by atoms with Crippen LogP contribution in [0.2, 0.25) is 0 Å². The number of nitrogens with one attached hydrogen (secondary N) is 1. The Kier molecular flexibility index (Phi) is 3.07. The van der Waals surface area contributed by atoms with Crippen LogP contribution in [0.4, 0.5) is 0 Å². The summed E-state index contributed by atoms with van der Waals surface area (Å²) >= 11 is 0. The molecule has 1 aliphatic rings. The molecule has 1 aliphatic carbocycles. The Morgan fingerprint density at radius 1 is 1.31 bits per heavy atom. The highest BCUT2D eigenvalue weighted by Crippen LogP contribution is 2.40. The normalized spacial score (nSPS) is 20.6. The standard InChI is InChI=1S/C15H23N/c1-11-7-5-8-12-9-6-10-13(14(11)12)15(2,3)16-4/h5,7-8,13,16H,6,9-10H2,1-4H3. The lowest BCUT2D eigenvalue weighted by molar-refractivity contribution is 0.312. The minimum absolute atomic E-state index is 0.196.